The number of aliphatic hydroxyl groups excluding tert-OH is 4. The molecule has 0 aromatic heterocycles. The summed E-state index contributed by atoms with van der Waals surface area (Å²) in [6, 6.07) is 0. The Morgan fingerprint density at radius 3 is 2.38 bits per heavy atom. The first kappa shape index (κ1) is 16.9. The van der Waals surface area contributed by atoms with Crippen LogP contribution in [0.4, 0.5) is 0 Å². The summed E-state index contributed by atoms with van der Waals surface area (Å²) < 4.78 is 10.9. The minimum absolute atomic E-state index is 0.0589. The average Bonchev–Trinajstić information content (AvgIpc) is 2.49. The molecule has 122 valence electrons. The fourth-order valence-electron chi connectivity index (χ4n) is 2.71. The summed E-state index contributed by atoms with van der Waals surface area (Å²) in [5, 5.41) is 41.1. The molecule has 0 unspecified atom stereocenters. The van der Waals surface area contributed by atoms with Gasteiger partial charge in [0.1, 0.15) is 30.5 Å². The second-order valence-corrected chi connectivity index (χ2v) is 5.93. The molecule has 2 rings (SSSR count). The second kappa shape index (κ2) is 7.66. The van der Waals surface area contributed by atoms with Crippen molar-refractivity contribution >= 4 is 17.4 Å². The van der Waals surface area contributed by atoms with E-state index in [4.69, 9.17) is 26.8 Å². The molecule has 1 saturated carbocycles. The molecular weight excluding hydrogens is 298 g/mol. The summed E-state index contributed by atoms with van der Waals surface area (Å²) in [6.45, 7) is -0.473. The summed E-state index contributed by atoms with van der Waals surface area (Å²) in [5.74, 6) is 0. The second-order valence-electron chi connectivity index (χ2n) is 5.56. The highest BCUT2D eigenvalue weighted by molar-refractivity contribution is 7.80. The van der Waals surface area contributed by atoms with Gasteiger partial charge in [0.2, 0.25) is 0 Å². The van der Waals surface area contributed by atoms with Crippen molar-refractivity contribution in [1.82, 2.24) is 5.32 Å². The minimum atomic E-state index is -1.43. The molecule has 1 saturated heterocycles. The topological polar surface area (TPSA) is 111 Å². The molecule has 2 aliphatic rings. The van der Waals surface area contributed by atoms with Crippen LogP contribution in [0, 0.1) is 0 Å². The van der Waals surface area contributed by atoms with Crippen LogP contribution in [0.5, 0.6) is 0 Å². The summed E-state index contributed by atoms with van der Waals surface area (Å²) in [4.78, 5) is 0. The smallest absolute Gasteiger partial charge is 0.259 e. The Bertz CT molecular complexity index is 350. The Kier molecular flexibility index (Phi) is 6.15. The molecule has 2 fully saturated rings. The van der Waals surface area contributed by atoms with Gasteiger partial charge < -0.3 is 35.2 Å². The Labute approximate surface area is 128 Å². The van der Waals surface area contributed by atoms with Gasteiger partial charge >= 0.3 is 0 Å². The predicted molar refractivity (Wildman–Crippen MR) is 77.5 cm³/mol. The highest BCUT2D eigenvalue weighted by Gasteiger charge is 2.43. The Morgan fingerprint density at radius 1 is 1.10 bits per heavy atom. The maximum Gasteiger partial charge on any atom is 0.259 e. The number of hydrogen-bond donors (Lipinski definition) is 5. The molecule has 21 heavy (non-hydrogen) atoms. The van der Waals surface area contributed by atoms with E-state index in [9.17, 15) is 15.3 Å². The van der Waals surface area contributed by atoms with E-state index in [0.29, 0.717) is 0 Å². The monoisotopic (exact) mass is 321 g/mol. The number of aliphatic hydroxyl groups is 4. The maximum absolute atomic E-state index is 9.88. The fourth-order valence-corrected chi connectivity index (χ4v) is 2.96. The van der Waals surface area contributed by atoms with Gasteiger partial charge in [0.15, 0.2) is 6.23 Å². The van der Waals surface area contributed by atoms with Crippen molar-refractivity contribution in [3.05, 3.63) is 0 Å². The number of ether oxygens (including phenoxy) is 2. The third-order valence-corrected chi connectivity index (χ3v) is 4.19. The van der Waals surface area contributed by atoms with Crippen molar-refractivity contribution in [2.24, 2.45) is 0 Å². The highest BCUT2D eigenvalue weighted by atomic mass is 32.1. The standard InChI is InChI=1S/C13H23NO6S/c15-6-8-9(16)10(17)11(18)12(20-8)14-13(21)19-7-4-2-1-3-5-7/h7-12,15-18H,1-6H2,(H,14,21)/t8-,9+,10-,11+,12-/m0/s1. The summed E-state index contributed by atoms with van der Waals surface area (Å²) in [5.41, 5.74) is 0. The SMILES string of the molecule is OC[C@@H]1O[C@H](NC(=S)OC2CCCCC2)[C@H](O)[C@@H](O)[C@@H]1O. The molecule has 1 aliphatic carbocycles. The summed E-state index contributed by atoms with van der Waals surface area (Å²) >= 11 is 5.08. The van der Waals surface area contributed by atoms with Crippen LogP contribution >= 0.6 is 12.2 Å². The van der Waals surface area contributed by atoms with Crippen molar-refractivity contribution in [3.8, 4) is 0 Å². The largest absolute Gasteiger partial charge is 0.468 e. The molecule has 0 aromatic rings. The van der Waals surface area contributed by atoms with Crippen molar-refractivity contribution in [1.29, 1.82) is 0 Å². The van der Waals surface area contributed by atoms with Crippen LogP contribution < -0.4 is 5.32 Å². The van der Waals surface area contributed by atoms with Crippen molar-refractivity contribution in [3.63, 3.8) is 0 Å². The first-order valence-corrected chi connectivity index (χ1v) is 7.71. The van der Waals surface area contributed by atoms with E-state index in [1.807, 2.05) is 0 Å². The minimum Gasteiger partial charge on any atom is -0.468 e. The lowest BCUT2D eigenvalue weighted by atomic mass is 9.98. The number of thiocarbonyl (C=S) groups is 1. The van der Waals surface area contributed by atoms with Crippen molar-refractivity contribution < 1.29 is 29.9 Å². The van der Waals surface area contributed by atoms with E-state index >= 15 is 0 Å². The molecule has 5 atom stereocenters. The fraction of sp³-hybridized carbons (Fsp3) is 0.923. The zero-order valence-corrected chi connectivity index (χ0v) is 12.5. The van der Waals surface area contributed by atoms with Gasteiger partial charge in [0.05, 0.1) is 6.61 Å². The van der Waals surface area contributed by atoms with E-state index in [0.717, 1.165) is 25.7 Å². The molecule has 0 bridgehead atoms. The molecule has 1 heterocycles. The van der Waals surface area contributed by atoms with Crippen LogP contribution in [-0.2, 0) is 9.47 Å². The number of nitrogens with one attached hydrogen (secondary N) is 1. The first-order valence-electron chi connectivity index (χ1n) is 7.30. The quantitative estimate of drug-likeness (QED) is 0.421. The Morgan fingerprint density at radius 2 is 1.76 bits per heavy atom. The van der Waals surface area contributed by atoms with Crippen LogP contribution in [0.2, 0.25) is 0 Å². The molecule has 7 nitrogen and oxygen atoms in total. The zero-order valence-electron chi connectivity index (χ0n) is 11.7. The Hall–Kier alpha value is -0.510. The maximum atomic E-state index is 9.88. The lowest BCUT2D eigenvalue weighted by molar-refractivity contribution is -0.233. The van der Waals surface area contributed by atoms with E-state index in [1.165, 1.54) is 6.42 Å². The molecule has 0 amide bonds. The third kappa shape index (κ3) is 4.24. The molecule has 0 spiro atoms. The van der Waals surface area contributed by atoms with Crippen LogP contribution in [0.3, 0.4) is 0 Å². The van der Waals surface area contributed by atoms with Crippen LogP contribution in [0.1, 0.15) is 32.1 Å². The summed E-state index contributed by atoms with van der Waals surface area (Å²) in [6.07, 6.45) is -0.809. The van der Waals surface area contributed by atoms with Gasteiger partial charge in [-0.25, -0.2) is 0 Å². The zero-order chi connectivity index (χ0) is 15.4. The highest BCUT2D eigenvalue weighted by Crippen LogP contribution is 2.22. The molecule has 0 aromatic carbocycles. The van der Waals surface area contributed by atoms with Gasteiger partial charge in [-0.05, 0) is 37.9 Å². The van der Waals surface area contributed by atoms with Gasteiger partial charge in [-0.15, -0.1) is 0 Å². The van der Waals surface area contributed by atoms with E-state index < -0.39 is 37.3 Å². The van der Waals surface area contributed by atoms with Gasteiger partial charge in [0.25, 0.3) is 5.17 Å². The van der Waals surface area contributed by atoms with E-state index in [2.05, 4.69) is 5.32 Å². The average molecular weight is 321 g/mol. The molecule has 1 aliphatic heterocycles. The summed E-state index contributed by atoms with van der Waals surface area (Å²) in [7, 11) is 0. The number of rotatable bonds is 3. The molecule has 5 N–H and O–H groups in total. The normalized spacial score (nSPS) is 38.0. The van der Waals surface area contributed by atoms with Gasteiger partial charge in [-0.3, -0.25) is 0 Å². The van der Waals surface area contributed by atoms with Crippen LogP contribution in [0.15, 0.2) is 0 Å². The van der Waals surface area contributed by atoms with Gasteiger partial charge in [-0.2, -0.15) is 0 Å². The third-order valence-electron chi connectivity index (χ3n) is 3.98. The number of hydrogen-bond acceptors (Lipinski definition) is 7. The van der Waals surface area contributed by atoms with E-state index in [-0.39, 0.29) is 11.3 Å². The van der Waals surface area contributed by atoms with Gasteiger partial charge in [0, 0.05) is 0 Å². The molecule has 8 heteroatoms. The molecule has 0 radical (unpaired) electrons. The van der Waals surface area contributed by atoms with Crippen LogP contribution in [-0.4, -0.2) is 69.0 Å². The first-order chi connectivity index (χ1) is 10.0. The van der Waals surface area contributed by atoms with E-state index in [1.54, 1.807) is 0 Å². The van der Waals surface area contributed by atoms with Crippen molar-refractivity contribution in [2.45, 2.75) is 68.9 Å². The Balaban J connectivity index is 1.86. The van der Waals surface area contributed by atoms with Crippen LogP contribution in [0.25, 0.3) is 0 Å². The van der Waals surface area contributed by atoms with Gasteiger partial charge in [-0.1, -0.05) is 6.42 Å². The molecular formula is C13H23NO6S. The lowest BCUT2D eigenvalue weighted by Crippen LogP contribution is -2.63. The lowest BCUT2D eigenvalue weighted by Gasteiger charge is -2.40. The predicted octanol–water partition coefficient (Wildman–Crippen LogP) is -0.990. The van der Waals surface area contributed by atoms with Crippen molar-refractivity contribution in [2.75, 3.05) is 6.61 Å².